The lowest BCUT2D eigenvalue weighted by atomic mass is 9.80. The zero-order valence-corrected chi connectivity index (χ0v) is 17.6. The largest absolute Gasteiger partial charge is 0.362 e. The standard InChI is InChI=1S/C23H33N3O3/c1-3-17-5-4-6-19(13-17)25-22(28)26-12-11-23(16(2)15-26)10-9-20(29-23)21(27)24-14-18-7-8-18/h4-6,13,16,18,20H,3,7-12,14-15H2,1-2H3,(H,24,27)(H,25,28). The molecule has 158 valence electrons. The van der Waals surface area contributed by atoms with Crippen LogP contribution < -0.4 is 10.6 Å². The maximum absolute atomic E-state index is 12.8. The fraction of sp³-hybridized carbons (Fsp3) is 0.652. The molecule has 1 saturated carbocycles. The number of rotatable bonds is 5. The second kappa shape index (κ2) is 8.34. The molecule has 2 saturated heterocycles. The number of benzene rings is 1. The number of urea groups is 1. The SMILES string of the molecule is CCc1cccc(NC(=O)N2CCC3(CCC(C(=O)NCC4CC4)O3)C(C)C2)c1. The average Bonchev–Trinajstić information content (AvgIpc) is 3.46. The predicted octanol–water partition coefficient (Wildman–Crippen LogP) is 3.57. The zero-order chi connectivity index (χ0) is 20.4. The van der Waals surface area contributed by atoms with Gasteiger partial charge < -0.3 is 20.3 Å². The second-order valence-electron chi connectivity index (χ2n) is 8.98. The number of anilines is 1. The summed E-state index contributed by atoms with van der Waals surface area (Å²) >= 11 is 0. The van der Waals surface area contributed by atoms with Crippen LogP contribution in [0, 0.1) is 11.8 Å². The molecular weight excluding hydrogens is 366 g/mol. The normalized spacial score (nSPS) is 29.1. The second-order valence-corrected chi connectivity index (χ2v) is 8.98. The summed E-state index contributed by atoms with van der Waals surface area (Å²) < 4.78 is 6.32. The number of nitrogens with one attached hydrogen (secondary N) is 2. The first kappa shape index (κ1) is 20.2. The minimum Gasteiger partial charge on any atom is -0.362 e. The lowest BCUT2D eigenvalue weighted by Gasteiger charge is -2.44. The quantitative estimate of drug-likeness (QED) is 0.795. The number of nitrogens with zero attached hydrogens (tertiary/aromatic N) is 1. The van der Waals surface area contributed by atoms with Crippen molar-refractivity contribution in [3.05, 3.63) is 29.8 Å². The van der Waals surface area contributed by atoms with Crippen molar-refractivity contribution in [2.45, 2.75) is 64.1 Å². The van der Waals surface area contributed by atoms with Crippen LogP contribution >= 0.6 is 0 Å². The molecule has 4 rings (SSSR count). The minimum absolute atomic E-state index is 0.0388. The van der Waals surface area contributed by atoms with Gasteiger partial charge in [-0.1, -0.05) is 26.0 Å². The van der Waals surface area contributed by atoms with E-state index in [0.717, 1.165) is 37.9 Å². The van der Waals surface area contributed by atoms with E-state index in [-0.39, 0.29) is 29.6 Å². The summed E-state index contributed by atoms with van der Waals surface area (Å²) in [6.07, 6.45) is 5.51. The molecule has 6 nitrogen and oxygen atoms in total. The van der Waals surface area contributed by atoms with E-state index in [9.17, 15) is 9.59 Å². The van der Waals surface area contributed by atoms with E-state index in [4.69, 9.17) is 4.74 Å². The van der Waals surface area contributed by atoms with E-state index in [1.54, 1.807) is 0 Å². The van der Waals surface area contributed by atoms with Crippen LogP contribution in [-0.2, 0) is 16.0 Å². The van der Waals surface area contributed by atoms with Crippen molar-refractivity contribution in [1.82, 2.24) is 10.2 Å². The Hall–Kier alpha value is -2.08. The van der Waals surface area contributed by atoms with E-state index in [1.807, 2.05) is 23.1 Å². The van der Waals surface area contributed by atoms with Gasteiger partial charge >= 0.3 is 6.03 Å². The molecule has 0 radical (unpaired) electrons. The Morgan fingerprint density at radius 2 is 2.07 bits per heavy atom. The molecule has 3 atom stereocenters. The van der Waals surface area contributed by atoms with Gasteiger partial charge in [0.25, 0.3) is 0 Å². The van der Waals surface area contributed by atoms with Gasteiger partial charge in [-0.05, 0) is 62.1 Å². The molecule has 1 spiro atoms. The molecule has 2 N–H and O–H groups in total. The lowest BCUT2D eigenvalue weighted by Crippen LogP contribution is -2.54. The van der Waals surface area contributed by atoms with Crippen molar-refractivity contribution >= 4 is 17.6 Å². The highest BCUT2D eigenvalue weighted by atomic mass is 16.5. The summed E-state index contributed by atoms with van der Waals surface area (Å²) in [5, 5.41) is 6.08. The van der Waals surface area contributed by atoms with Crippen LogP contribution in [0.5, 0.6) is 0 Å². The smallest absolute Gasteiger partial charge is 0.321 e. The van der Waals surface area contributed by atoms with Crippen molar-refractivity contribution in [1.29, 1.82) is 0 Å². The van der Waals surface area contributed by atoms with E-state index in [0.29, 0.717) is 19.0 Å². The molecule has 0 bridgehead atoms. The summed E-state index contributed by atoms with van der Waals surface area (Å²) in [6.45, 7) is 6.33. The first-order chi connectivity index (χ1) is 14.0. The molecule has 3 aliphatic rings. The Balaban J connectivity index is 1.30. The number of aryl methyl sites for hydroxylation is 1. The van der Waals surface area contributed by atoms with Gasteiger partial charge in [-0.3, -0.25) is 4.79 Å². The molecule has 1 aromatic rings. The van der Waals surface area contributed by atoms with Crippen molar-refractivity contribution in [3.63, 3.8) is 0 Å². The fourth-order valence-corrected chi connectivity index (χ4v) is 4.60. The molecule has 6 heteroatoms. The van der Waals surface area contributed by atoms with Gasteiger partial charge in [0.15, 0.2) is 0 Å². The molecular formula is C23H33N3O3. The minimum atomic E-state index is -0.339. The third kappa shape index (κ3) is 4.58. The van der Waals surface area contributed by atoms with Crippen LogP contribution in [0.4, 0.5) is 10.5 Å². The number of hydrogen-bond acceptors (Lipinski definition) is 3. The van der Waals surface area contributed by atoms with Crippen molar-refractivity contribution in [2.24, 2.45) is 11.8 Å². The summed E-state index contributed by atoms with van der Waals surface area (Å²) in [7, 11) is 0. The summed E-state index contributed by atoms with van der Waals surface area (Å²) in [4.78, 5) is 27.1. The zero-order valence-electron chi connectivity index (χ0n) is 17.6. The highest BCUT2D eigenvalue weighted by Gasteiger charge is 2.49. The van der Waals surface area contributed by atoms with Crippen LogP contribution in [0.2, 0.25) is 0 Å². The first-order valence-corrected chi connectivity index (χ1v) is 11.1. The summed E-state index contributed by atoms with van der Waals surface area (Å²) in [6, 6.07) is 7.94. The molecule has 2 aliphatic heterocycles. The van der Waals surface area contributed by atoms with E-state index in [1.165, 1.54) is 18.4 Å². The topological polar surface area (TPSA) is 70.7 Å². The van der Waals surface area contributed by atoms with Gasteiger partial charge in [0.05, 0.1) is 5.60 Å². The van der Waals surface area contributed by atoms with E-state index < -0.39 is 0 Å². The number of carbonyl (C=O) groups is 2. The Labute approximate surface area is 173 Å². The maximum atomic E-state index is 12.8. The number of ether oxygens (including phenoxy) is 1. The predicted molar refractivity (Wildman–Crippen MR) is 113 cm³/mol. The number of piperidine rings is 1. The molecule has 1 aliphatic carbocycles. The monoisotopic (exact) mass is 399 g/mol. The van der Waals surface area contributed by atoms with Gasteiger partial charge in [-0.25, -0.2) is 4.79 Å². The molecule has 29 heavy (non-hydrogen) atoms. The number of hydrogen-bond donors (Lipinski definition) is 2. The van der Waals surface area contributed by atoms with Crippen molar-refractivity contribution in [3.8, 4) is 0 Å². The Kier molecular flexibility index (Phi) is 5.81. The van der Waals surface area contributed by atoms with Crippen molar-refractivity contribution in [2.75, 3.05) is 25.0 Å². The highest BCUT2D eigenvalue weighted by molar-refractivity contribution is 5.89. The van der Waals surface area contributed by atoms with E-state index in [2.05, 4.69) is 30.5 Å². The van der Waals surface area contributed by atoms with Gasteiger partial charge in [-0.15, -0.1) is 0 Å². The Morgan fingerprint density at radius 1 is 1.24 bits per heavy atom. The molecule has 3 fully saturated rings. The number of likely N-dealkylation sites (tertiary alicyclic amines) is 1. The third-order valence-corrected chi connectivity index (χ3v) is 6.83. The Morgan fingerprint density at radius 3 is 2.79 bits per heavy atom. The maximum Gasteiger partial charge on any atom is 0.321 e. The highest BCUT2D eigenvalue weighted by Crippen LogP contribution is 2.42. The van der Waals surface area contributed by atoms with Gasteiger partial charge in [0, 0.05) is 31.2 Å². The summed E-state index contributed by atoms with van der Waals surface area (Å²) in [5.74, 6) is 0.912. The number of amides is 3. The van der Waals surface area contributed by atoms with Crippen molar-refractivity contribution < 1.29 is 14.3 Å². The van der Waals surface area contributed by atoms with Crippen LogP contribution in [-0.4, -0.2) is 48.2 Å². The van der Waals surface area contributed by atoms with Crippen LogP contribution in [0.1, 0.15) is 51.5 Å². The molecule has 3 unspecified atom stereocenters. The molecule has 3 amide bonds. The van der Waals surface area contributed by atoms with Crippen LogP contribution in [0.15, 0.2) is 24.3 Å². The first-order valence-electron chi connectivity index (χ1n) is 11.1. The number of carbonyl (C=O) groups excluding carboxylic acids is 2. The lowest BCUT2D eigenvalue weighted by molar-refractivity contribution is -0.146. The van der Waals surface area contributed by atoms with Gasteiger partial charge in [0.2, 0.25) is 5.91 Å². The molecule has 0 aromatic heterocycles. The van der Waals surface area contributed by atoms with Crippen LogP contribution in [0.3, 0.4) is 0 Å². The van der Waals surface area contributed by atoms with Gasteiger partial charge in [-0.2, -0.15) is 0 Å². The van der Waals surface area contributed by atoms with E-state index >= 15 is 0 Å². The fourth-order valence-electron chi connectivity index (χ4n) is 4.60. The van der Waals surface area contributed by atoms with Crippen LogP contribution in [0.25, 0.3) is 0 Å². The van der Waals surface area contributed by atoms with Gasteiger partial charge in [0.1, 0.15) is 6.10 Å². The average molecular weight is 400 g/mol. The third-order valence-electron chi connectivity index (χ3n) is 6.83. The summed E-state index contributed by atoms with van der Waals surface area (Å²) in [5.41, 5.74) is 1.77. The Bertz CT molecular complexity index is 763. The molecule has 2 heterocycles. The molecule has 1 aromatic carbocycles.